The van der Waals surface area contributed by atoms with E-state index in [1.807, 2.05) is 12.1 Å². The molecule has 2 N–H and O–H groups in total. The van der Waals surface area contributed by atoms with Gasteiger partial charge in [-0.15, -0.1) is 0 Å². The van der Waals surface area contributed by atoms with E-state index in [2.05, 4.69) is 0 Å². The Bertz CT molecular complexity index is 605. The average Bonchev–Trinajstić information content (AvgIpc) is 2.39. The molecule has 2 nitrogen and oxygen atoms in total. The first kappa shape index (κ1) is 15.2. The summed E-state index contributed by atoms with van der Waals surface area (Å²) in [6.07, 6.45) is 0.427. The lowest BCUT2D eigenvalue weighted by Crippen LogP contribution is -2.24. The number of hydrogen-bond acceptors (Lipinski definition) is 1. The van der Waals surface area contributed by atoms with Gasteiger partial charge in [-0.25, -0.2) is 0 Å². The van der Waals surface area contributed by atoms with Crippen LogP contribution in [-0.2, 0) is 11.2 Å². The van der Waals surface area contributed by atoms with E-state index in [9.17, 15) is 4.79 Å². The van der Waals surface area contributed by atoms with Crippen LogP contribution in [0.3, 0.4) is 0 Å². The molecule has 0 spiro atoms. The van der Waals surface area contributed by atoms with Crippen LogP contribution in [0, 0.1) is 0 Å². The van der Waals surface area contributed by atoms with Crippen LogP contribution < -0.4 is 5.73 Å². The van der Waals surface area contributed by atoms with Crippen LogP contribution in [0.2, 0.25) is 15.1 Å². The summed E-state index contributed by atoms with van der Waals surface area (Å²) in [7, 11) is 0. The molecule has 2 aromatic rings. The van der Waals surface area contributed by atoms with Gasteiger partial charge >= 0.3 is 0 Å². The molecule has 1 amide bonds. The molecule has 1 atom stereocenters. The molecule has 0 radical (unpaired) electrons. The summed E-state index contributed by atoms with van der Waals surface area (Å²) in [5.41, 5.74) is 7.01. The number of carbonyl (C=O) groups excluding carboxylic acids is 1. The Labute approximate surface area is 132 Å². The molecule has 0 heterocycles. The van der Waals surface area contributed by atoms with E-state index in [1.165, 1.54) is 0 Å². The number of carbonyl (C=O) groups is 1. The van der Waals surface area contributed by atoms with Gasteiger partial charge in [0, 0.05) is 20.6 Å². The van der Waals surface area contributed by atoms with Crippen LogP contribution in [0.5, 0.6) is 0 Å². The largest absolute Gasteiger partial charge is 0.369 e. The Balaban J connectivity index is 2.37. The minimum atomic E-state index is -0.572. The van der Waals surface area contributed by atoms with Crippen LogP contribution in [-0.4, -0.2) is 5.91 Å². The topological polar surface area (TPSA) is 43.1 Å². The van der Waals surface area contributed by atoms with E-state index in [1.54, 1.807) is 30.3 Å². The molecule has 2 rings (SSSR count). The highest BCUT2D eigenvalue weighted by Gasteiger charge is 2.23. The first-order valence-corrected chi connectivity index (χ1v) is 7.10. The molecule has 0 fully saturated rings. The van der Waals surface area contributed by atoms with Crippen molar-refractivity contribution in [2.75, 3.05) is 0 Å². The summed E-state index contributed by atoms with van der Waals surface area (Å²) in [5.74, 6) is -1.03. The van der Waals surface area contributed by atoms with E-state index < -0.39 is 11.8 Å². The van der Waals surface area contributed by atoms with Crippen molar-refractivity contribution in [1.82, 2.24) is 0 Å². The molecular weight excluding hydrogens is 317 g/mol. The SMILES string of the molecule is NC(=O)C(Cc1ccc(Cl)cc1)c1c(Cl)cccc1Cl. The van der Waals surface area contributed by atoms with Gasteiger partial charge in [0.2, 0.25) is 5.91 Å². The van der Waals surface area contributed by atoms with Gasteiger partial charge in [0.15, 0.2) is 0 Å². The van der Waals surface area contributed by atoms with Crippen LogP contribution in [0.25, 0.3) is 0 Å². The quantitative estimate of drug-likeness (QED) is 0.884. The van der Waals surface area contributed by atoms with E-state index in [4.69, 9.17) is 40.5 Å². The lowest BCUT2D eigenvalue weighted by molar-refractivity contribution is -0.119. The number of benzene rings is 2. The zero-order valence-corrected chi connectivity index (χ0v) is 12.7. The molecule has 2 aromatic carbocycles. The van der Waals surface area contributed by atoms with Crippen LogP contribution in [0.4, 0.5) is 0 Å². The molecule has 0 bridgehead atoms. The number of hydrogen-bond donors (Lipinski definition) is 1. The van der Waals surface area contributed by atoms with Crippen LogP contribution in [0.15, 0.2) is 42.5 Å². The fourth-order valence-corrected chi connectivity index (χ4v) is 2.83. The highest BCUT2D eigenvalue weighted by molar-refractivity contribution is 6.36. The number of rotatable bonds is 4. The molecule has 0 saturated carbocycles. The van der Waals surface area contributed by atoms with Crippen molar-refractivity contribution >= 4 is 40.7 Å². The van der Waals surface area contributed by atoms with E-state index in [0.717, 1.165) is 5.56 Å². The Kier molecular flexibility index (Phi) is 4.92. The Hall–Kier alpha value is -1.22. The summed E-state index contributed by atoms with van der Waals surface area (Å²) in [6, 6.07) is 12.4. The van der Waals surface area contributed by atoms with E-state index >= 15 is 0 Å². The monoisotopic (exact) mass is 327 g/mol. The maximum Gasteiger partial charge on any atom is 0.225 e. The molecule has 0 aliphatic heterocycles. The molecule has 1 unspecified atom stereocenters. The normalized spacial score (nSPS) is 12.2. The number of amides is 1. The predicted molar refractivity (Wildman–Crippen MR) is 83.6 cm³/mol. The van der Waals surface area contributed by atoms with Crippen molar-refractivity contribution in [1.29, 1.82) is 0 Å². The smallest absolute Gasteiger partial charge is 0.225 e. The molecule has 0 aliphatic rings. The van der Waals surface area contributed by atoms with Crippen LogP contribution >= 0.6 is 34.8 Å². The molecule has 20 heavy (non-hydrogen) atoms. The summed E-state index contributed by atoms with van der Waals surface area (Å²) in [6.45, 7) is 0. The lowest BCUT2D eigenvalue weighted by atomic mass is 9.91. The van der Waals surface area contributed by atoms with Gasteiger partial charge in [-0.05, 0) is 36.2 Å². The number of nitrogens with two attached hydrogens (primary N) is 1. The summed E-state index contributed by atoms with van der Waals surface area (Å²) < 4.78 is 0. The van der Waals surface area contributed by atoms with Crippen molar-refractivity contribution in [3.05, 3.63) is 68.7 Å². The third-order valence-electron chi connectivity index (χ3n) is 3.04. The zero-order valence-electron chi connectivity index (χ0n) is 10.4. The second kappa shape index (κ2) is 6.49. The van der Waals surface area contributed by atoms with Crippen molar-refractivity contribution in [3.8, 4) is 0 Å². The standard InChI is InChI=1S/C15H12Cl3NO/c16-10-6-4-9(5-7-10)8-11(15(19)20)14-12(17)2-1-3-13(14)18/h1-7,11H,8H2,(H2,19,20). The van der Waals surface area contributed by atoms with E-state index in [0.29, 0.717) is 27.1 Å². The minimum Gasteiger partial charge on any atom is -0.369 e. The van der Waals surface area contributed by atoms with Gasteiger partial charge in [-0.3, -0.25) is 4.79 Å². The average molecular weight is 329 g/mol. The highest BCUT2D eigenvalue weighted by atomic mass is 35.5. The lowest BCUT2D eigenvalue weighted by Gasteiger charge is -2.17. The highest BCUT2D eigenvalue weighted by Crippen LogP contribution is 2.33. The van der Waals surface area contributed by atoms with Gasteiger partial charge in [0.25, 0.3) is 0 Å². The molecule has 0 aliphatic carbocycles. The summed E-state index contributed by atoms with van der Waals surface area (Å²) in [4.78, 5) is 11.8. The fourth-order valence-electron chi connectivity index (χ4n) is 2.04. The second-order valence-corrected chi connectivity index (χ2v) is 5.67. The van der Waals surface area contributed by atoms with Crippen molar-refractivity contribution < 1.29 is 4.79 Å². The maximum atomic E-state index is 11.8. The molecule has 5 heteroatoms. The first-order valence-electron chi connectivity index (χ1n) is 5.96. The Morgan fingerprint density at radius 2 is 1.55 bits per heavy atom. The second-order valence-electron chi connectivity index (χ2n) is 4.42. The predicted octanol–water partition coefficient (Wildman–Crippen LogP) is 4.46. The fraction of sp³-hybridized carbons (Fsp3) is 0.133. The van der Waals surface area contributed by atoms with Crippen molar-refractivity contribution in [3.63, 3.8) is 0 Å². The maximum absolute atomic E-state index is 11.8. The number of halogens is 3. The zero-order chi connectivity index (χ0) is 14.7. The Morgan fingerprint density at radius 1 is 1.00 bits per heavy atom. The third-order valence-corrected chi connectivity index (χ3v) is 3.96. The van der Waals surface area contributed by atoms with Gasteiger partial charge in [0.1, 0.15) is 0 Å². The van der Waals surface area contributed by atoms with Crippen molar-refractivity contribution in [2.45, 2.75) is 12.3 Å². The van der Waals surface area contributed by atoms with Crippen molar-refractivity contribution in [2.24, 2.45) is 5.73 Å². The van der Waals surface area contributed by atoms with Gasteiger partial charge in [-0.2, -0.15) is 0 Å². The van der Waals surface area contributed by atoms with Gasteiger partial charge in [-0.1, -0.05) is 53.0 Å². The van der Waals surface area contributed by atoms with Gasteiger partial charge in [0.05, 0.1) is 5.92 Å². The van der Waals surface area contributed by atoms with E-state index in [-0.39, 0.29) is 0 Å². The number of primary amides is 1. The molecule has 0 aromatic heterocycles. The molecule has 0 saturated heterocycles. The first-order chi connectivity index (χ1) is 9.49. The van der Waals surface area contributed by atoms with Gasteiger partial charge < -0.3 is 5.73 Å². The molecule has 104 valence electrons. The molecular formula is C15H12Cl3NO. The summed E-state index contributed by atoms with van der Waals surface area (Å²) in [5, 5.41) is 1.52. The minimum absolute atomic E-state index is 0.427. The Morgan fingerprint density at radius 3 is 2.05 bits per heavy atom. The third kappa shape index (κ3) is 3.45. The summed E-state index contributed by atoms with van der Waals surface area (Å²) >= 11 is 18.1. The van der Waals surface area contributed by atoms with Crippen LogP contribution in [0.1, 0.15) is 17.0 Å².